The Bertz CT molecular complexity index is 537. The normalized spacial score (nSPS) is 10.4. The number of rotatable bonds is 3. The van der Waals surface area contributed by atoms with Gasteiger partial charge in [-0.3, -0.25) is 0 Å². The predicted molar refractivity (Wildman–Crippen MR) is 73.0 cm³/mol. The van der Waals surface area contributed by atoms with Crippen LogP contribution in [0.4, 0.5) is 11.5 Å². The molecular formula is C14H17N3O. The summed E-state index contributed by atoms with van der Waals surface area (Å²) in [6, 6.07) is 11.0. The Labute approximate surface area is 107 Å². The molecule has 0 bridgehead atoms. The highest BCUT2D eigenvalue weighted by Crippen LogP contribution is 2.26. The van der Waals surface area contributed by atoms with Crippen LogP contribution in [0.1, 0.15) is 11.3 Å². The lowest BCUT2D eigenvalue weighted by atomic mass is 10.2. The van der Waals surface area contributed by atoms with E-state index in [0.29, 0.717) is 6.54 Å². The molecule has 4 heteroatoms. The van der Waals surface area contributed by atoms with Gasteiger partial charge < -0.3 is 15.7 Å². The van der Waals surface area contributed by atoms with Crippen molar-refractivity contribution in [3.63, 3.8) is 0 Å². The number of aromatic hydroxyl groups is 1. The lowest BCUT2D eigenvalue weighted by Gasteiger charge is -2.21. The van der Waals surface area contributed by atoms with Crippen molar-refractivity contribution in [3.05, 3.63) is 47.7 Å². The van der Waals surface area contributed by atoms with E-state index in [1.165, 1.54) is 0 Å². The maximum Gasteiger partial charge on any atom is 0.137 e. The van der Waals surface area contributed by atoms with Crippen LogP contribution in [0.5, 0.6) is 5.75 Å². The van der Waals surface area contributed by atoms with E-state index in [4.69, 9.17) is 5.73 Å². The average Bonchev–Trinajstić information content (AvgIpc) is 2.39. The summed E-state index contributed by atoms with van der Waals surface area (Å²) in [7, 11) is 1.94. The van der Waals surface area contributed by atoms with Crippen molar-refractivity contribution < 1.29 is 5.11 Å². The van der Waals surface area contributed by atoms with E-state index in [2.05, 4.69) is 4.98 Å². The quantitative estimate of drug-likeness (QED) is 0.868. The fourth-order valence-electron chi connectivity index (χ4n) is 1.82. The summed E-state index contributed by atoms with van der Waals surface area (Å²) >= 11 is 0. The molecule has 94 valence electrons. The number of phenolic OH excluding ortho intramolecular Hbond substituents is 1. The summed E-state index contributed by atoms with van der Waals surface area (Å²) in [5, 5.41) is 9.30. The standard InChI is InChI=1S/C14H17N3O/c1-10-3-4-11(9-15)14(16-10)17(2)12-5-7-13(18)8-6-12/h3-8,18H,9,15H2,1-2H3. The van der Waals surface area contributed by atoms with E-state index >= 15 is 0 Å². The first-order chi connectivity index (χ1) is 8.61. The molecule has 0 saturated heterocycles. The molecule has 1 heterocycles. The second-order valence-electron chi connectivity index (χ2n) is 4.21. The van der Waals surface area contributed by atoms with Crippen molar-refractivity contribution in [3.8, 4) is 5.75 Å². The van der Waals surface area contributed by atoms with E-state index < -0.39 is 0 Å². The number of benzene rings is 1. The molecule has 1 aromatic heterocycles. The lowest BCUT2D eigenvalue weighted by molar-refractivity contribution is 0.475. The van der Waals surface area contributed by atoms with Crippen molar-refractivity contribution >= 4 is 11.5 Å². The van der Waals surface area contributed by atoms with Crippen LogP contribution < -0.4 is 10.6 Å². The summed E-state index contributed by atoms with van der Waals surface area (Å²) in [5.41, 5.74) is 8.64. The number of hydrogen-bond acceptors (Lipinski definition) is 4. The molecule has 0 radical (unpaired) electrons. The Morgan fingerprint density at radius 1 is 1.17 bits per heavy atom. The number of nitrogens with two attached hydrogens (primary N) is 1. The number of pyridine rings is 1. The molecule has 0 unspecified atom stereocenters. The largest absolute Gasteiger partial charge is 0.508 e. The van der Waals surface area contributed by atoms with Gasteiger partial charge in [0.2, 0.25) is 0 Å². The molecule has 0 fully saturated rings. The first-order valence-corrected chi connectivity index (χ1v) is 5.81. The number of phenols is 1. The molecule has 2 aromatic rings. The van der Waals surface area contributed by atoms with Gasteiger partial charge in [0.05, 0.1) is 0 Å². The smallest absolute Gasteiger partial charge is 0.137 e. The third-order valence-corrected chi connectivity index (χ3v) is 2.87. The fraction of sp³-hybridized carbons (Fsp3) is 0.214. The maximum absolute atomic E-state index is 9.30. The Hall–Kier alpha value is -2.07. The van der Waals surface area contributed by atoms with Gasteiger partial charge in [-0.2, -0.15) is 0 Å². The van der Waals surface area contributed by atoms with Crippen LogP contribution in [0.25, 0.3) is 0 Å². The molecule has 2 rings (SSSR count). The minimum atomic E-state index is 0.253. The van der Waals surface area contributed by atoms with Gasteiger partial charge in [-0.15, -0.1) is 0 Å². The third-order valence-electron chi connectivity index (χ3n) is 2.87. The van der Waals surface area contributed by atoms with E-state index in [9.17, 15) is 5.11 Å². The van der Waals surface area contributed by atoms with Crippen LogP contribution in [0.15, 0.2) is 36.4 Å². The van der Waals surface area contributed by atoms with Crippen molar-refractivity contribution in [2.24, 2.45) is 5.73 Å². The number of anilines is 2. The monoisotopic (exact) mass is 243 g/mol. The maximum atomic E-state index is 9.30. The summed E-state index contributed by atoms with van der Waals surface area (Å²) in [6.45, 7) is 2.40. The lowest BCUT2D eigenvalue weighted by Crippen LogP contribution is -2.15. The van der Waals surface area contributed by atoms with Gasteiger partial charge in [-0.05, 0) is 37.3 Å². The van der Waals surface area contributed by atoms with Crippen LogP contribution in [-0.2, 0) is 6.54 Å². The minimum Gasteiger partial charge on any atom is -0.508 e. The van der Waals surface area contributed by atoms with Crippen LogP contribution in [0, 0.1) is 6.92 Å². The highest BCUT2D eigenvalue weighted by atomic mass is 16.3. The second-order valence-corrected chi connectivity index (χ2v) is 4.21. The van der Waals surface area contributed by atoms with E-state index in [1.54, 1.807) is 12.1 Å². The zero-order chi connectivity index (χ0) is 13.1. The first kappa shape index (κ1) is 12.4. The molecule has 0 aliphatic heterocycles. The highest BCUT2D eigenvalue weighted by molar-refractivity contribution is 5.62. The first-order valence-electron chi connectivity index (χ1n) is 5.81. The van der Waals surface area contributed by atoms with E-state index in [-0.39, 0.29) is 5.75 Å². The van der Waals surface area contributed by atoms with Crippen molar-refractivity contribution in [2.45, 2.75) is 13.5 Å². The highest BCUT2D eigenvalue weighted by Gasteiger charge is 2.10. The van der Waals surface area contributed by atoms with Gasteiger partial charge in [-0.25, -0.2) is 4.98 Å². The SMILES string of the molecule is Cc1ccc(CN)c(N(C)c2ccc(O)cc2)n1. The molecule has 0 atom stereocenters. The fourth-order valence-corrected chi connectivity index (χ4v) is 1.82. The third kappa shape index (κ3) is 2.43. The van der Waals surface area contributed by atoms with Crippen LogP contribution in [0.2, 0.25) is 0 Å². The topological polar surface area (TPSA) is 62.4 Å². The average molecular weight is 243 g/mol. The Balaban J connectivity index is 2.41. The van der Waals surface area contributed by atoms with Gasteiger partial charge in [0, 0.05) is 30.5 Å². The zero-order valence-corrected chi connectivity index (χ0v) is 10.6. The molecule has 0 amide bonds. The van der Waals surface area contributed by atoms with Gasteiger partial charge in [0.15, 0.2) is 0 Å². The van der Waals surface area contributed by atoms with Gasteiger partial charge in [-0.1, -0.05) is 6.07 Å². The number of aryl methyl sites for hydroxylation is 1. The molecule has 1 aromatic carbocycles. The summed E-state index contributed by atoms with van der Waals surface area (Å²) < 4.78 is 0. The summed E-state index contributed by atoms with van der Waals surface area (Å²) in [4.78, 5) is 6.49. The van der Waals surface area contributed by atoms with Crippen LogP contribution in [0.3, 0.4) is 0 Å². The van der Waals surface area contributed by atoms with E-state index in [0.717, 1.165) is 22.8 Å². The Kier molecular flexibility index (Phi) is 3.48. The molecule has 0 spiro atoms. The zero-order valence-electron chi connectivity index (χ0n) is 10.6. The number of hydrogen-bond donors (Lipinski definition) is 2. The van der Waals surface area contributed by atoms with Crippen LogP contribution >= 0.6 is 0 Å². The van der Waals surface area contributed by atoms with Gasteiger partial charge in [0.25, 0.3) is 0 Å². The van der Waals surface area contributed by atoms with Gasteiger partial charge in [0.1, 0.15) is 11.6 Å². The Morgan fingerprint density at radius 2 is 1.83 bits per heavy atom. The molecule has 3 N–H and O–H groups in total. The molecular weight excluding hydrogens is 226 g/mol. The Morgan fingerprint density at radius 3 is 2.44 bits per heavy atom. The van der Waals surface area contributed by atoms with Crippen LogP contribution in [-0.4, -0.2) is 17.1 Å². The summed E-state index contributed by atoms with van der Waals surface area (Å²) in [6.07, 6.45) is 0. The second kappa shape index (κ2) is 5.06. The molecule has 0 aliphatic carbocycles. The number of nitrogens with zero attached hydrogens (tertiary/aromatic N) is 2. The molecule has 18 heavy (non-hydrogen) atoms. The minimum absolute atomic E-state index is 0.253. The van der Waals surface area contributed by atoms with Crippen molar-refractivity contribution in [1.29, 1.82) is 0 Å². The number of aromatic nitrogens is 1. The summed E-state index contributed by atoms with van der Waals surface area (Å²) in [5.74, 6) is 1.10. The molecule has 0 aliphatic rings. The predicted octanol–water partition coefficient (Wildman–Crippen LogP) is 2.32. The molecule has 4 nitrogen and oxygen atoms in total. The van der Waals surface area contributed by atoms with Crippen molar-refractivity contribution in [2.75, 3.05) is 11.9 Å². The van der Waals surface area contributed by atoms with Gasteiger partial charge >= 0.3 is 0 Å². The van der Waals surface area contributed by atoms with E-state index in [1.807, 2.05) is 43.1 Å². The molecule has 0 saturated carbocycles. The van der Waals surface area contributed by atoms with Crippen molar-refractivity contribution in [1.82, 2.24) is 4.98 Å².